The summed E-state index contributed by atoms with van der Waals surface area (Å²) in [6.45, 7) is 6.04. The fraction of sp³-hybridized carbons (Fsp3) is 0.571. The summed E-state index contributed by atoms with van der Waals surface area (Å²) in [7, 11) is 1.65. The van der Waals surface area contributed by atoms with Crippen LogP contribution in [0.3, 0.4) is 0 Å². The monoisotopic (exact) mass is 222 g/mol. The highest BCUT2D eigenvalue weighted by molar-refractivity contribution is 5.22. The highest BCUT2D eigenvalue weighted by Gasteiger charge is 2.30. The van der Waals surface area contributed by atoms with Gasteiger partial charge in [0, 0.05) is 13.5 Å². The summed E-state index contributed by atoms with van der Waals surface area (Å²) in [5.41, 5.74) is 1.93. The van der Waals surface area contributed by atoms with Gasteiger partial charge in [-0.25, -0.2) is 0 Å². The van der Waals surface area contributed by atoms with E-state index in [1.165, 1.54) is 5.56 Å². The van der Waals surface area contributed by atoms with Crippen LogP contribution in [0, 0.1) is 6.92 Å². The third-order valence-electron chi connectivity index (χ3n) is 3.42. The molecular weight excluding hydrogens is 200 g/mol. The topological polar surface area (TPSA) is 29.5 Å². The lowest BCUT2D eigenvalue weighted by molar-refractivity contribution is -0.0914. The second-order valence-corrected chi connectivity index (χ2v) is 4.58. The predicted molar refractivity (Wildman–Crippen MR) is 66.6 cm³/mol. The van der Waals surface area contributed by atoms with Crippen LogP contribution in [-0.4, -0.2) is 23.9 Å². The fourth-order valence-corrected chi connectivity index (χ4v) is 1.68. The quantitative estimate of drug-likeness (QED) is 0.830. The maximum absolute atomic E-state index is 10.2. The van der Waals surface area contributed by atoms with Crippen molar-refractivity contribution >= 4 is 0 Å². The number of benzene rings is 1. The van der Waals surface area contributed by atoms with Crippen LogP contribution in [0.5, 0.6) is 0 Å². The molecule has 0 saturated carbocycles. The first-order valence-electron chi connectivity index (χ1n) is 5.80. The van der Waals surface area contributed by atoms with Crippen molar-refractivity contribution in [2.75, 3.05) is 7.11 Å². The summed E-state index contributed by atoms with van der Waals surface area (Å²) in [6.07, 6.45) is 0.972. The van der Waals surface area contributed by atoms with Crippen LogP contribution >= 0.6 is 0 Å². The van der Waals surface area contributed by atoms with Gasteiger partial charge in [0.25, 0.3) is 0 Å². The molecule has 2 heteroatoms. The van der Waals surface area contributed by atoms with Gasteiger partial charge in [-0.05, 0) is 25.8 Å². The van der Waals surface area contributed by atoms with Crippen LogP contribution in [0.1, 0.15) is 31.4 Å². The number of aliphatic hydroxyl groups excluding tert-OH is 1. The molecule has 16 heavy (non-hydrogen) atoms. The lowest BCUT2D eigenvalue weighted by atomic mass is 9.90. The minimum atomic E-state index is -0.467. The molecule has 1 aromatic rings. The Hall–Kier alpha value is -0.860. The van der Waals surface area contributed by atoms with Gasteiger partial charge in [-0.2, -0.15) is 0 Å². The van der Waals surface area contributed by atoms with Crippen LogP contribution in [0.2, 0.25) is 0 Å². The van der Waals surface area contributed by atoms with E-state index in [2.05, 4.69) is 31.2 Å². The molecule has 0 saturated heterocycles. The summed E-state index contributed by atoms with van der Waals surface area (Å²) in [5, 5.41) is 10.2. The third-order valence-corrected chi connectivity index (χ3v) is 3.42. The smallest absolute Gasteiger partial charge is 0.0909 e. The zero-order valence-electron chi connectivity index (χ0n) is 10.7. The molecule has 0 fully saturated rings. The number of hydrogen-bond acceptors (Lipinski definition) is 2. The van der Waals surface area contributed by atoms with Gasteiger partial charge in [-0.1, -0.05) is 36.8 Å². The van der Waals surface area contributed by atoms with Gasteiger partial charge in [-0.15, -0.1) is 0 Å². The van der Waals surface area contributed by atoms with E-state index in [4.69, 9.17) is 4.74 Å². The van der Waals surface area contributed by atoms with Crippen molar-refractivity contribution in [2.45, 2.75) is 45.3 Å². The molecule has 0 aromatic heterocycles. The van der Waals surface area contributed by atoms with Crippen molar-refractivity contribution < 1.29 is 9.84 Å². The van der Waals surface area contributed by atoms with Crippen LogP contribution in [0.25, 0.3) is 0 Å². The van der Waals surface area contributed by atoms with E-state index in [1.54, 1.807) is 7.11 Å². The van der Waals surface area contributed by atoms with E-state index >= 15 is 0 Å². The Morgan fingerprint density at radius 3 is 2.31 bits per heavy atom. The standard InChI is InChI=1S/C14H22O2/c1-5-14(3,16-4)13(15)10-12-8-6-11(2)7-9-12/h6-9,13,15H,5,10H2,1-4H3. The molecule has 2 atom stereocenters. The first-order valence-corrected chi connectivity index (χ1v) is 5.80. The summed E-state index contributed by atoms with van der Waals surface area (Å²) in [4.78, 5) is 0. The van der Waals surface area contributed by atoms with Crippen LogP contribution < -0.4 is 0 Å². The normalized spacial score (nSPS) is 16.8. The highest BCUT2D eigenvalue weighted by Crippen LogP contribution is 2.22. The van der Waals surface area contributed by atoms with Crippen molar-refractivity contribution in [3.05, 3.63) is 35.4 Å². The van der Waals surface area contributed by atoms with Gasteiger partial charge in [0.05, 0.1) is 11.7 Å². The van der Waals surface area contributed by atoms with Gasteiger partial charge in [0.15, 0.2) is 0 Å². The van der Waals surface area contributed by atoms with E-state index in [0.717, 1.165) is 12.0 Å². The van der Waals surface area contributed by atoms with Crippen LogP contribution in [0.4, 0.5) is 0 Å². The summed E-state index contributed by atoms with van der Waals surface area (Å²) in [5.74, 6) is 0. The molecule has 2 unspecified atom stereocenters. The van der Waals surface area contributed by atoms with E-state index in [9.17, 15) is 5.11 Å². The van der Waals surface area contributed by atoms with Gasteiger partial charge >= 0.3 is 0 Å². The Morgan fingerprint density at radius 2 is 1.88 bits per heavy atom. The molecule has 1 N–H and O–H groups in total. The Bertz CT molecular complexity index is 312. The van der Waals surface area contributed by atoms with Crippen molar-refractivity contribution in [3.8, 4) is 0 Å². The molecule has 0 spiro atoms. The molecule has 0 aliphatic carbocycles. The summed E-state index contributed by atoms with van der Waals surface area (Å²) >= 11 is 0. The third kappa shape index (κ3) is 3.06. The van der Waals surface area contributed by atoms with Crippen LogP contribution in [-0.2, 0) is 11.2 Å². The Labute approximate surface area is 98.3 Å². The first-order chi connectivity index (χ1) is 7.51. The lowest BCUT2D eigenvalue weighted by Gasteiger charge is -2.32. The van der Waals surface area contributed by atoms with Gasteiger partial charge in [-0.3, -0.25) is 0 Å². The second kappa shape index (κ2) is 5.46. The molecule has 0 bridgehead atoms. The summed E-state index contributed by atoms with van der Waals surface area (Å²) < 4.78 is 5.39. The molecule has 0 aliphatic rings. The highest BCUT2D eigenvalue weighted by atomic mass is 16.5. The van der Waals surface area contributed by atoms with E-state index in [-0.39, 0.29) is 0 Å². The molecule has 1 aromatic carbocycles. The SMILES string of the molecule is CCC(C)(OC)C(O)Cc1ccc(C)cc1. The number of aryl methyl sites for hydroxylation is 1. The van der Waals surface area contributed by atoms with Crippen molar-refractivity contribution in [1.82, 2.24) is 0 Å². The number of rotatable bonds is 5. The van der Waals surface area contributed by atoms with Gasteiger partial charge in [0.2, 0.25) is 0 Å². The molecule has 0 heterocycles. The van der Waals surface area contributed by atoms with Gasteiger partial charge in [0.1, 0.15) is 0 Å². The molecular formula is C14H22O2. The number of ether oxygens (including phenoxy) is 1. The average Bonchev–Trinajstić information content (AvgIpc) is 2.31. The zero-order chi connectivity index (χ0) is 12.2. The number of methoxy groups -OCH3 is 1. The second-order valence-electron chi connectivity index (χ2n) is 4.58. The molecule has 1 rings (SSSR count). The van der Waals surface area contributed by atoms with Crippen molar-refractivity contribution in [2.24, 2.45) is 0 Å². The largest absolute Gasteiger partial charge is 0.390 e. The molecule has 0 amide bonds. The van der Waals surface area contributed by atoms with Crippen molar-refractivity contribution in [3.63, 3.8) is 0 Å². The lowest BCUT2D eigenvalue weighted by Crippen LogP contribution is -2.41. The zero-order valence-corrected chi connectivity index (χ0v) is 10.7. The maximum Gasteiger partial charge on any atom is 0.0909 e. The minimum absolute atomic E-state index is 0.453. The van der Waals surface area contributed by atoms with Gasteiger partial charge < -0.3 is 9.84 Å². The predicted octanol–water partition coefficient (Wildman–Crippen LogP) is 2.71. The average molecular weight is 222 g/mol. The Balaban J connectivity index is 2.70. The van der Waals surface area contributed by atoms with E-state index in [0.29, 0.717) is 6.42 Å². The van der Waals surface area contributed by atoms with Crippen molar-refractivity contribution in [1.29, 1.82) is 0 Å². The maximum atomic E-state index is 10.2. The molecule has 0 radical (unpaired) electrons. The Morgan fingerprint density at radius 1 is 1.31 bits per heavy atom. The Kier molecular flexibility index (Phi) is 4.51. The number of aliphatic hydroxyl groups is 1. The summed E-state index contributed by atoms with van der Waals surface area (Å²) in [6, 6.07) is 8.25. The molecule has 0 aliphatic heterocycles. The van der Waals surface area contributed by atoms with Crippen LogP contribution in [0.15, 0.2) is 24.3 Å². The molecule has 90 valence electrons. The van der Waals surface area contributed by atoms with E-state index < -0.39 is 11.7 Å². The first kappa shape index (κ1) is 13.2. The number of hydrogen-bond donors (Lipinski definition) is 1. The fourth-order valence-electron chi connectivity index (χ4n) is 1.68. The minimum Gasteiger partial charge on any atom is -0.390 e. The van der Waals surface area contributed by atoms with E-state index in [1.807, 2.05) is 13.8 Å². The molecule has 2 nitrogen and oxygen atoms in total.